The highest BCUT2D eigenvalue weighted by Crippen LogP contribution is 2.43. The number of ether oxygens (including phenoxy) is 2. The summed E-state index contributed by atoms with van der Waals surface area (Å²) in [6, 6.07) is 5.95. The van der Waals surface area contributed by atoms with Crippen LogP contribution in [0.25, 0.3) is 5.76 Å². The van der Waals surface area contributed by atoms with E-state index in [1.807, 2.05) is 18.4 Å². The smallest absolute Gasteiger partial charge is 0.295 e. The predicted molar refractivity (Wildman–Crippen MR) is 108 cm³/mol. The lowest BCUT2D eigenvalue weighted by atomic mass is 9.98. The SMILES string of the molecule is COCCN1C(=O)C(=O)/C(=C(/O)c2cc(Cl)ccc2OC)C1c1sccc1C. The number of methoxy groups -OCH3 is 2. The molecule has 1 unspecified atom stereocenters. The number of thiophene rings is 1. The van der Waals surface area contributed by atoms with Crippen LogP contribution in [-0.4, -0.2) is 49.1 Å². The molecule has 28 heavy (non-hydrogen) atoms. The van der Waals surface area contributed by atoms with Gasteiger partial charge < -0.3 is 19.5 Å². The number of aliphatic hydroxyl groups excluding tert-OH is 1. The molecular weight excluding hydrogens is 402 g/mol. The molecule has 2 heterocycles. The van der Waals surface area contributed by atoms with E-state index in [9.17, 15) is 14.7 Å². The quantitative estimate of drug-likeness (QED) is 0.436. The molecule has 1 N–H and O–H groups in total. The fraction of sp³-hybridized carbons (Fsp3) is 0.300. The van der Waals surface area contributed by atoms with Crippen LogP contribution in [0.1, 0.15) is 22.0 Å². The van der Waals surface area contributed by atoms with Crippen molar-refractivity contribution in [1.82, 2.24) is 4.90 Å². The Morgan fingerprint density at radius 1 is 1.29 bits per heavy atom. The van der Waals surface area contributed by atoms with Crippen LogP contribution >= 0.6 is 22.9 Å². The largest absolute Gasteiger partial charge is 0.507 e. The van der Waals surface area contributed by atoms with E-state index in [0.717, 1.165) is 10.4 Å². The van der Waals surface area contributed by atoms with Gasteiger partial charge in [-0.25, -0.2) is 0 Å². The van der Waals surface area contributed by atoms with Gasteiger partial charge in [0.15, 0.2) is 0 Å². The lowest BCUT2D eigenvalue weighted by molar-refractivity contribution is -0.140. The lowest BCUT2D eigenvalue weighted by Crippen LogP contribution is -2.32. The summed E-state index contributed by atoms with van der Waals surface area (Å²) in [4.78, 5) is 27.8. The third-order valence-corrected chi connectivity index (χ3v) is 5.95. The fourth-order valence-corrected chi connectivity index (χ4v) is 4.47. The van der Waals surface area contributed by atoms with Crippen molar-refractivity contribution < 1.29 is 24.2 Å². The molecule has 0 radical (unpaired) electrons. The van der Waals surface area contributed by atoms with Crippen molar-refractivity contribution in [3.8, 4) is 5.75 Å². The first-order chi connectivity index (χ1) is 13.4. The molecule has 1 amide bonds. The van der Waals surface area contributed by atoms with Gasteiger partial charge >= 0.3 is 0 Å². The number of amides is 1. The molecule has 0 saturated carbocycles. The highest BCUT2D eigenvalue weighted by molar-refractivity contribution is 7.10. The molecule has 0 bridgehead atoms. The number of aliphatic hydroxyl groups is 1. The number of likely N-dealkylation sites (tertiary alicyclic amines) is 1. The summed E-state index contributed by atoms with van der Waals surface area (Å²) >= 11 is 7.51. The zero-order chi connectivity index (χ0) is 20.4. The number of Topliss-reactive ketones (excluding diaryl/α,β-unsaturated/α-hetero) is 1. The molecule has 1 fully saturated rings. The molecule has 1 aliphatic rings. The number of carbonyl (C=O) groups is 2. The number of ketones is 1. The third-order valence-electron chi connectivity index (χ3n) is 4.64. The molecule has 8 heteroatoms. The van der Waals surface area contributed by atoms with E-state index in [-0.39, 0.29) is 30.0 Å². The first-order valence-corrected chi connectivity index (χ1v) is 9.81. The highest BCUT2D eigenvalue weighted by atomic mass is 35.5. The van der Waals surface area contributed by atoms with Crippen molar-refractivity contribution in [3.05, 3.63) is 56.2 Å². The maximum atomic E-state index is 12.9. The van der Waals surface area contributed by atoms with Crippen LogP contribution in [0.2, 0.25) is 5.02 Å². The van der Waals surface area contributed by atoms with Crippen LogP contribution in [0, 0.1) is 6.92 Å². The van der Waals surface area contributed by atoms with Gasteiger partial charge in [0.1, 0.15) is 11.5 Å². The molecular formula is C20H20ClNO5S. The van der Waals surface area contributed by atoms with Gasteiger partial charge in [-0.1, -0.05) is 11.6 Å². The minimum absolute atomic E-state index is 0.0206. The molecule has 1 atom stereocenters. The van der Waals surface area contributed by atoms with E-state index in [0.29, 0.717) is 10.8 Å². The van der Waals surface area contributed by atoms with Gasteiger partial charge in [-0.2, -0.15) is 0 Å². The van der Waals surface area contributed by atoms with Gasteiger partial charge in [0, 0.05) is 23.6 Å². The van der Waals surface area contributed by atoms with E-state index >= 15 is 0 Å². The molecule has 0 spiro atoms. The monoisotopic (exact) mass is 421 g/mol. The Hall–Kier alpha value is -2.35. The van der Waals surface area contributed by atoms with Gasteiger partial charge in [-0.05, 0) is 42.1 Å². The average molecular weight is 422 g/mol. The summed E-state index contributed by atoms with van der Waals surface area (Å²) in [5, 5.41) is 13.3. The van der Waals surface area contributed by atoms with E-state index in [1.165, 1.54) is 36.5 Å². The number of hydrogen-bond donors (Lipinski definition) is 1. The highest BCUT2D eigenvalue weighted by Gasteiger charge is 2.47. The summed E-state index contributed by atoms with van der Waals surface area (Å²) in [6.07, 6.45) is 0. The number of aryl methyl sites for hydroxylation is 1. The van der Waals surface area contributed by atoms with E-state index in [4.69, 9.17) is 21.1 Å². The van der Waals surface area contributed by atoms with E-state index in [2.05, 4.69) is 0 Å². The van der Waals surface area contributed by atoms with E-state index in [1.54, 1.807) is 12.1 Å². The zero-order valence-electron chi connectivity index (χ0n) is 15.7. The Morgan fingerprint density at radius 3 is 2.64 bits per heavy atom. The molecule has 1 saturated heterocycles. The Bertz CT molecular complexity index is 952. The zero-order valence-corrected chi connectivity index (χ0v) is 17.3. The first-order valence-electron chi connectivity index (χ1n) is 8.56. The van der Waals surface area contributed by atoms with Crippen molar-refractivity contribution in [2.75, 3.05) is 27.4 Å². The van der Waals surface area contributed by atoms with Gasteiger partial charge in [-0.15, -0.1) is 11.3 Å². The number of benzene rings is 1. The third kappa shape index (κ3) is 3.53. The summed E-state index contributed by atoms with van der Waals surface area (Å²) < 4.78 is 10.4. The Morgan fingerprint density at radius 2 is 2.04 bits per heavy atom. The van der Waals surface area contributed by atoms with Crippen molar-refractivity contribution in [2.24, 2.45) is 0 Å². The number of nitrogens with zero attached hydrogens (tertiary/aromatic N) is 1. The fourth-order valence-electron chi connectivity index (χ4n) is 3.25. The topological polar surface area (TPSA) is 76.1 Å². The molecule has 1 aliphatic heterocycles. The van der Waals surface area contributed by atoms with Crippen molar-refractivity contribution in [3.63, 3.8) is 0 Å². The second-order valence-corrected chi connectivity index (χ2v) is 7.68. The van der Waals surface area contributed by atoms with Crippen molar-refractivity contribution >= 4 is 40.4 Å². The van der Waals surface area contributed by atoms with Crippen molar-refractivity contribution in [1.29, 1.82) is 0 Å². The van der Waals surface area contributed by atoms with Crippen LogP contribution in [0.4, 0.5) is 0 Å². The number of halogens is 1. The Kier molecular flexibility index (Phi) is 6.07. The van der Waals surface area contributed by atoms with Gasteiger partial charge in [0.05, 0.1) is 30.9 Å². The van der Waals surface area contributed by atoms with Crippen LogP contribution in [0.3, 0.4) is 0 Å². The Balaban J connectivity index is 2.23. The summed E-state index contributed by atoms with van der Waals surface area (Å²) in [6.45, 7) is 2.41. The summed E-state index contributed by atoms with van der Waals surface area (Å²) in [5.74, 6) is -1.37. The molecule has 0 aliphatic carbocycles. The maximum Gasteiger partial charge on any atom is 0.295 e. The summed E-state index contributed by atoms with van der Waals surface area (Å²) in [7, 11) is 2.98. The molecule has 148 valence electrons. The van der Waals surface area contributed by atoms with Gasteiger partial charge in [-0.3, -0.25) is 9.59 Å². The van der Waals surface area contributed by atoms with Crippen molar-refractivity contribution in [2.45, 2.75) is 13.0 Å². The van der Waals surface area contributed by atoms with E-state index < -0.39 is 17.7 Å². The van der Waals surface area contributed by atoms with Gasteiger partial charge in [0.2, 0.25) is 0 Å². The first kappa shape index (κ1) is 20.4. The van der Waals surface area contributed by atoms with Crippen LogP contribution in [0.5, 0.6) is 5.75 Å². The minimum atomic E-state index is -0.742. The second kappa shape index (κ2) is 8.34. The molecule has 2 aromatic rings. The second-order valence-electron chi connectivity index (χ2n) is 6.30. The molecule has 1 aromatic heterocycles. The van der Waals surface area contributed by atoms with Crippen LogP contribution in [0.15, 0.2) is 35.2 Å². The summed E-state index contributed by atoms with van der Waals surface area (Å²) in [5.41, 5.74) is 1.22. The lowest BCUT2D eigenvalue weighted by Gasteiger charge is -2.24. The van der Waals surface area contributed by atoms with Crippen LogP contribution in [-0.2, 0) is 14.3 Å². The molecule has 6 nitrogen and oxygen atoms in total. The number of rotatable bonds is 6. The normalized spacial score (nSPS) is 18.7. The standard InChI is InChI=1S/C20H20ClNO5S/c1-11-6-9-28-19(11)16-15(18(24)20(25)22(16)7-8-26-2)17(23)13-10-12(21)4-5-14(13)27-3/h4-6,9-10,16,23H,7-8H2,1-3H3/b17-15+. The van der Waals surface area contributed by atoms with Gasteiger partial charge in [0.25, 0.3) is 11.7 Å². The average Bonchev–Trinajstić information content (AvgIpc) is 3.21. The molecule has 3 rings (SSSR count). The van der Waals surface area contributed by atoms with Crippen LogP contribution < -0.4 is 4.74 Å². The number of hydrogen-bond acceptors (Lipinski definition) is 6. The minimum Gasteiger partial charge on any atom is -0.507 e. The maximum absolute atomic E-state index is 12.9. The predicted octanol–water partition coefficient (Wildman–Crippen LogP) is 3.79. The number of carbonyl (C=O) groups excluding carboxylic acids is 2. The molecule has 1 aromatic carbocycles. The Labute approximate surface area is 171 Å².